The maximum absolute atomic E-state index is 3.58. The second kappa shape index (κ2) is 12.1. The first kappa shape index (κ1) is 30.9. The minimum Gasteiger partial charge on any atom is -0.384 e. The SMILES string of the molecule is C/C=C\C1=C(C)C2(c3ccc(C4CC=CN4)cc3S1)c1ccccc1Sc1ccc(C3=CC=CC4c5ccccc5N(c5ccccc5)C34)cc12. The molecule has 51 heavy (non-hydrogen) atoms. The van der Waals surface area contributed by atoms with Crippen molar-refractivity contribution in [3.05, 3.63) is 202 Å². The number of hydrogen-bond donors (Lipinski definition) is 1. The molecule has 5 aromatic rings. The summed E-state index contributed by atoms with van der Waals surface area (Å²) in [5.74, 6) is 0.272. The maximum Gasteiger partial charge on any atom is 0.0705 e. The highest BCUT2D eigenvalue weighted by Crippen LogP contribution is 2.62. The molecule has 5 aromatic carbocycles. The van der Waals surface area contributed by atoms with Crippen LogP contribution in [0.1, 0.15) is 65.6 Å². The van der Waals surface area contributed by atoms with Crippen LogP contribution in [0.5, 0.6) is 0 Å². The van der Waals surface area contributed by atoms with Gasteiger partial charge in [-0.1, -0.05) is 133 Å². The van der Waals surface area contributed by atoms with E-state index < -0.39 is 5.41 Å². The van der Waals surface area contributed by atoms with Gasteiger partial charge >= 0.3 is 0 Å². The summed E-state index contributed by atoms with van der Waals surface area (Å²) in [6.07, 6.45) is 16.9. The van der Waals surface area contributed by atoms with Crippen LogP contribution in [-0.4, -0.2) is 6.04 Å². The molecule has 0 amide bonds. The molecule has 0 bridgehead atoms. The second-order valence-corrected chi connectivity index (χ2v) is 16.2. The van der Waals surface area contributed by atoms with Gasteiger partial charge in [0.1, 0.15) is 0 Å². The highest BCUT2D eigenvalue weighted by Gasteiger charge is 2.49. The molecule has 4 atom stereocenters. The average Bonchev–Trinajstić information content (AvgIpc) is 3.84. The van der Waals surface area contributed by atoms with Crippen molar-refractivity contribution < 1.29 is 0 Å². The third kappa shape index (κ3) is 4.59. The lowest BCUT2D eigenvalue weighted by atomic mass is 9.63. The molecule has 1 spiro atoms. The highest BCUT2D eigenvalue weighted by molar-refractivity contribution is 8.03. The topological polar surface area (TPSA) is 15.3 Å². The fraction of sp³-hybridized carbons (Fsp3) is 0.149. The van der Waals surface area contributed by atoms with Crippen LogP contribution in [0.3, 0.4) is 0 Å². The number of hydrogen-bond acceptors (Lipinski definition) is 4. The number of nitrogens with one attached hydrogen (secondary N) is 1. The molecule has 248 valence electrons. The number of benzene rings is 5. The normalized spacial score (nSPS) is 23.8. The van der Waals surface area contributed by atoms with E-state index in [0.29, 0.717) is 6.04 Å². The molecule has 0 aromatic heterocycles. The maximum atomic E-state index is 3.58. The van der Waals surface area contributed by atoms with E-state index in [9.17, 15) is 0 Å². The molecule has 0 radical (unpaired) electrons. The van der Waals surface area contributed by atoms with Crippen LogP contribution in [0, 0.1) is 0 Å². The Morgan fingerprint density at radius 2 is 1.59 bits per heavy atom. The Morgan fingerprint density at radius 3 is 2.45 bits per heavy atom. The average molecular weight is 695 g/mol. The van der Waals surface area contributed by atoms with Gasteiger partial charge in [-0.15, -0.1) is 0 Å². The minimum atomic E-state index is -0.426. The van der Waals surface area contributed by atoms with Crippen LogP contribution in [0.2, 0.25) is 0 Å². The molecule has 4 heteroatoms. The summed E-state index contributed by atoms with van der Waals surface area (Å²) in [7, 11) is 0. The number of allylic oxidation sites excluding steroid dienone is 5. The van der Waals surface area contributed by atoms with Crippen molar-refractivity contribution in [2.45, 2.75) is 58.4 Å². The first-order valence-corrected chi connectivity index (χ1v) is 19.6. The molecule has 4 heterocycles. The number of anilines is 2. The Labute approximate surface area is 309 Å². The summed E-state index contributed by atoms with van der Waals surface area (Å²) in [4.78, 5) is 7.92. The first-order valence-electron chi connectivity index (χ1n) is 18.0. The van der Waals surface area contributed by atoms with Gasteiger partial charge in [0.05, 0.1) is 17.5 Å². The third-order valence-electron chi connectivity index (χ3n) is 11.4. The largest absolute Gasteiger partial charge is 0.384 e. The predicted molar refractivity (Wildman–Crippen MR) is 215 cm³/mol. The van der Waals surface area contributed by atoms with Crippen molar-refractivity contribution >= 4 is 40.5 Å². The number of fused-ring (bicyclic) bond motifs is 9. The molecule has 4 aliphatic heterocycles. The van der Waals surface area contributed by atoms with Gasteiger partial charge in [-0.2, -0.15) is 0 Å². The molecule has 10 rings (SSSR count). The van der Waals surface area contributed by atoms with Crippen molar-refractivity contribution in [1.29, 1.82) is 0 Å². The summed E-state index contributed by atoms with van der Waals surface area (Å²) in [6.45, 7) is 4.52. The molecule has 1 aliphatic carbocycles. The minimum absolute atomic E-state index is 0.159. The Bertz CT molecular complexity index is 2370. The standard InChI is InChI=1S/C47H38N2S2/c1-3-13-42-30(2)47(38-25-23-32(29-45(38)50-42)40-20-12-27-48-40)37-19-8-10-22-43(37)51-44-26-24-31(28-39(44)47)34-17-11-18-36-35-16-7-9-21-41(35)49(46(34)36)33-14-5-4-6-15-33/h3-19,21-29,36,40,46,48H,20H2,1-2H3/b13-3-. The number of para-hydroxylation sites is 2. The van der Waals surface area contributed by atoms with Gasteiger partial charge in [0.15, 0.2) is 0 Å². The van der Waals surface area contributed by atoms with E-state index >= 15 is 0 Å². The number of rotatable bonds is 4. The van der Waals surface area contributed by atoms with E-state index in [2.05, 4.69) is 182 Å². The Morgan fingerprint density at radius 1 is 0.784 bits per heavy atom. The van der Waals surface area contributed by atoms with Crippen LogP contribution >= 0.6 is 23.5 Å². The summed E-state index contributed by atoms with van der Waals surface area (Å²) >= 11 is 3.84. The van der Waals surface area contributed by atoms with E-state index in [1.807, 2.05) is 23.5 Å². The smallest absolute Gasteiger partial charge is 0.0705 e. The van der Waals surface area contributed by atoms with Gasteiger partial charge in [-0.05, 0) is 113 Å². The predicted octanol–water partition coefficient (Wildman–Crippen LogP) is 12.2. The number of thioether (sulfide) groups is 1. The van der Waals surface area contributed by atoms with Gasteiger partial charge in [0.25, 0.3) is 0 Å². The molecule has 0 saturated carbocycles. The van der Waals surface area contributed by atoms with Crippen molar-refractivity contribution in [2.75, 3.05) is 4.90 Å². The lowest BCUT2D eigenvalue weighted by molar-refractivity contribution is 0.650. The molecular formula is C47H38N2S2. The summed E-state index contributed by atoms with van der Waals surface area (Å²) in [6, 6.07) is 44.1. The van der Waals surface area contributed by atoms with Crippen LogP contribution in [0.15, 0.2) is 183 Å². The molecule has 4 unspecified atom stereocenters. The van der Waals surface area contributed by atoms with Gasteiger partial charge in [-0.25, -0.2) is 0 Å². The van der Waals surface area contributed by atoms with E-state index in [4.69, 9.17) is 0 Å². The monoisotopic (exact) mass is 694 g/mol. The lowest BCUT2D eigenvalue weighted by Crippen LogP contribution is -2.37. The third-order valence-corrected chi connectivity index (χ3v) is 13.8. The zero-order valence-electron chi connectivity index (χ0n) is 28.7. The second-order valence-electron chi connectivity index (χ2n) is 14.0. The zero-order chi connectivity index (χ0) is 34.1. The lowest BCUT2D eigenvalue weighted by Gasteiger charge is -2.46. The van der Waals surface area contributed by atoms with Gasteiger partial charge in [0.2, 0.25) is 0 Å². The molecule has 5 aliphatic rings. The van der Waals surface area contributed by atoms with Crippen molar-refractivity contribution in [3.8, 4) is 0 Å². The van der Waals surface area contributed by atoms with Crippen LogP contribution in [-0.2, 0) is 5.41 Å². The molecule has 1 N–H and O–H groups in total. The molecule has 0 saturated heterocycles. The fourth-order valence-corrected chi connectivity index (χ4v) is 11.6. The highest BCUT2D eigenvalue weighted by atomic mass is 32.2. The molecule has 0 fully saturated rings. The van der Waals surface area contributed by atoms with Crippen LogP contribution in [0.4, 0.5) is 11.4 Å². The Balaban J connectivity index is 1.20. The quantitative estimate of drug-likeness (QED) is 0.201. The van der Waals surface area contributed by atoms with Crippen molar-refractivity contribution in [1.82, 2.24) is 5.32 Å². The van der Waals surface area contributed by atoms with E-state index in [0.717, 1.165) is 6.42 Å². The van der Waals surface area contributed by atoms with Gasteiger partial charge in [-0.3, -0.25) is 0 Å². The number of nitrogens with zero attached hydrogens (tertiary/aromatic N) is 1. The van der Waals surface area contributed by atoms with Gasteiger partial charge in [0, 0.05) is 36.9 Å². The molecular weight excluding hydrogens is 657 g/mol. The summed E-state index contributed by atoms with van der Waals surface area (Å²) < 4.78 is 0. The van der Waals surface area contributed by atoms with Crippen molar-refractivity contribution in [3.63, 3.8) is 0 Å². The van der Waals surface area contributed by atoms with Crippen LogP contribution in [0.25, 0.3) is 5.57 Å². The van der Waals surface area contributed by atoms with Gasteiger partial charge < -0.3 is 10.2 Å². The van der Waals surface area contributed by atoms with E-state index in [-0.39, 0.29) is 12.0 Å². The van der Waals surface area contributed by atoms with Crippen LogP contribution < -0.4 is 10.2 Å². The Hall–Kier alpha value is -4.90. The van der Waals surface area contributed by atoms with E-state index in [1.54, 1.807) is 0 Å². The van der Waals surface area contributed by atoms with E-state index in [1.165, 1.54) is 75.5 Å². The zero-order valence-corrected chi connectivity index (χ0v) is 30.3. The fourth-order valence-electron chi connectivity index (χ4n) is 9.19. The summed E-state index contributed by atoms with van der Waals surface area (Å²) in [5, 5.41) is 3.58. The Kier molecular flexibility index (Phi) is 7.33. The summed E-state index contributed by atoms with van der Waals surface area (Å²) in [5.41, 5.74) is 13.0. The van der Waals surface area contributed by atoms with Crippen molar-refractivity contribution in [2.24, 2.45) is 0 Å². The molecule has 2 nitrogen and oxygen atoms in total. The first-order chi connectivity index (χ1) is 25.2.